The van der Waals surface area contributed by atoms with E-state index in [1.54, 1.807) is 6.08 Å². The molecule has 0 unspecified atom stereocenters. The average Bonchev–Trinajstić information content (AvgIpc) is 2.44. The molecule has 1 fully saturated rings. The van der Waals surface area contributed by atoms with E-state index < -0.39 is 0 Å². The highest BCUT2D eigenvalue weighted by Gasteiger charge is 2.15. The van der Waals surface area contributed by atoms with Gasteiger partial charge in [0.15, 0.2) is 0 Å². The van der Waals surface area contributed by atoms with Crippen LogP contribution in [0.2, 0.25) is 0 Å². The van der Waals surface area contributed by atoms with Crippen molar-refractivity contribution in [3.05, 3.63) is 47.3 Å². The Hall–Kier alpha value is -1.68. The third kappa shape index (κ3) is 4.46. The van der Waals surface area contributed by atoms with Gasteiger partial charge in [0.2, 0.25) is 0 Å². The summed E-state index contributed by atoms with van der Waals surface area (Å²) in [5, 5.41) is 0. The number of hydrogen-bond acceptors (Lipinski definition) is 3. The monoisotopic (exact) mass is 277 g/mol. The molecule has 2 rings (SSSR count). The maximum atomic E-state index is 12.8. The van der Waals surface area contributed by atoms with Gasteiger partial charge in [-0.15, -0.1) is 0 Å². The molecule has 1 heterocycles. The number of esters is 1. The Morgan fingerprint density at radius 1 is 1.30 bits per heavy atom. The summed E-state index contributed by atoms with van der Waals surface area (Å²) in [4.78, 5) is 13.7. The Kier molecular flexibility index (Phi) is 5.30. The molecule has 1 aromatic rings. The standard InChI is InChI=1S/C16H20FNO2/c1-2-20-16(19)11-13-7-9-18(10-8-13)12-14-3-5-15(17)6-4-14/h3-6,11H,2,7-10,12H2,1H3. The first-order valence-electron chi connectivity index (χ1n) is 7.00. The first-order chi connectivity index (χ1) is 9.67. The van der Waals surface area contributed by atoms with E-state index in [4.69, 9.17) is 4.74 Å². The Balaban J connectivity index is 1.82. The first-order valence-corrected chi connectivity index (χ1v) is 7.00. The van der Waals surface area contributed by atoms with Crippen LogP contribution in [-0.2, 0) is 16.1 Å². The van der Waals surface area contributed by atoms with Crippen LogP contribution in [0.5, 0.6) is 0 Å². The number of rotatable bonds is 4. The van der Waals surface area contributed by atoms with Crippen LogP contribution in [-0.4, -0.2) is 30.6 Å². The molecule has 0 aromatic heterocycles. The third-order valence-corrected chi connectivity index (χ3v) is 3.43. The van der Waals surface area contributed by atoms with E-state index in [1.165, 1.54) is 12.1 Å². The second-order valence-electron chi connectivity index (χ2n) is 4.96. The lowest BCUT2D eigenvalue weighted by atomic mass is 10.0. The first kappa shape index (κ1) is 14.7. The van der Waals surface area contributed by atoms with Crippen LogP contribution in [0, 0.1) is 5.82 Å². The van der Waals surface area contributed by atoms with Crippen molar-refractivity contribution in [3.63, 3.8) is 0 Å². The number of benzene rings is 1. The lowest BCUT2D eigenvalue weighted by Gasteiger charge is -2.28. The van der Waals surface area contributed by atoms with Crippen molar-refractivity contribution in [1.29, 1.82) is 0 Å². The zero-order valence-corrected chi connectivity index (χ0v) is 11.8. The highest BCUT2D eigenvalue weighted by Crippen LogP contribution is 2.18. The van der Waals surface area contributed by atoms with Gasteiger partial charge in [-0.3, -0.25) is 4.90 Å². The van der Waals surface area contributed by atoms with Gasteiger partial charge in [0.1, 0.15) is 5.82 Å². The van der Waals surface area contributed by atoms with Crippen LogP contribution in [0.25, 0.3) is 0 Å². The average molecular weight is 277 g/mol. The van der Waals surface area contributed by atoms with Crippen molar-refractivity contribution in [3.8, 4) is 0 Å². The van der Waals surface area contributed by atoms with Crippen molar-refractivity contribution < 1.29 is 13.9 Å². The Bertz CT molecular complexity index is 472. The highest BCUT2D eigenvalue weighted by molar-refractivity contribution is 5.82. The summed E-state index contributed by atoms with van der Waals surface area (Å²) in [5.74, 6) is -0.443. The van der Waals surface area contributed by atoms with Gasteiger partial charge in [-0.1, -0.05) is 17.7 Å². The molecule has 3 nitrogen and oxygen atoms in total. The van der Waals surface area contributed by atoms with E-state index in [1.807, 2.05) is 19.1 Å². The number of hydrogen-bond donors (Lipinski definition) is 0. The summed E-state index contributed by atoms with van der Waals surface area (Å²) >= 11 is 0. The second-order valence-corrected chi connectivity index (χ2v) is 4.96. The molecule has 0 radical (unpaired) electrons. The van der Waals surface area contributed by atoms with Gasteiger partial charge in [0, 0.05) is 25.7 Å². The molecule has 1 aromatic carbocycles. The minimum absolute atomic E-state index is 0.202. The van der Waals surface area contributed by atoms with E-state index in [0.29, 0.717) is 6.61 Å². The largest absolute Gasteiger partial charge is 0.463 e. The van der Waals surface area contributed by atoms with Crippen molar-refractivity contribution in [2.45, 2.75) is 26.3 Å². The minimum Gasteiger partial charge on any atom is -0.463 e. The molecule has 0 amide bonds. The van der Waals surface area contributed by atoms with Gasteiger partial charge in [0.25, 0.3) is 0 Å². The van der Waals surface area contributed by atoms with Crippen molar-refractivity contribution >= 4 is 5.97 Å². The van der Waals surface area contributed by atoms with E-state index in [2.05, 4.69) is 4.90 Å². The Morgan fingerprint density at radius 3 is 2.55 bits per heavy atom. The maximum Gasteiger partial charge on any atom is 0.330 e. The predicted molar refractivity (Wildman–Crippen MR) is 75.6 cm³/mol. The molecular weight excluding hydrogens is 257 g/mol. The van der Waals surface area contributed by atoms with Crippen molar-refractivity contribution in [1.82, 2.24) is 4.90 Å². The van der Waals surface area contributed by atoms with E-state index in [-0.39, 0.29) is 11.8 Å². The summed E-state index contributed by atoms with van der Waals surface area (Å²) in [6, 6.07) is 6.62. The topological polar surface area (TPSA) is 29.5 Å². The zero-order valence-electron chi connectivity index (χ0n) is 11.8. The number of carbonyl (C=O) groups is 1. The molecule has 20 heavy (non-hydrogen) atoms. The number of likely N-dealkylation sites (tertiary alicyclic amines) is 1. The lowest BCUT2D eigenvalue weighted by Crippen LogP contribution is -2.30. The Morgan fingerprint density at radius 2 is 1.95 bits per heavy atom. The summed E-state index contributed by atoms with van der Waals surface area (Å²) < 4.78 is 17.7. The number of piperidine rings is 1. The molecule has 1 aliphatic heterocycles. The lowest BCUT2D eigenvalue weighted by molar-refractivity contribution is -0.137. The fourth-order valence-corrected chi connectivity index (χ4v) is 2.34. The van der Waals surface area contributed by atoms with E-state index >= 15 is 0 Å². The van der Waals surface area contributed by atoms with Gasteiger partial charge in [-0.25, -0.2) is 9.18 Å². The molecule has 4 heteroatoms. The molecule has 0 N–H and O–H groups in total. The number of halogens is 1. The van der Waals surface area contributed by atoms with Gasteiger partial charge in [-0.05, 0) is 37.5 Å². The van der Waals surface area contributed by atoms with Crippen LogP contribution in [0.1, 0.15) is 25.3 Å². The molecule has 0 spiro atoms. The van der Waals surface area contributed by atoms with Gasteiger partial charge in [-0.2, -0.15) is 0 Å². The quantitative estimate of drug-likeness (QED) is 0.626. The summed E-state index contributed by atoms with van der Waals surface area (Å²) in [6.07, 6.45) is 3.40. The number of nitrogens with zero attached hydrogens (tertiary/aromatic N) is 1. The smallest absolute Gasteiger partial charge is 0.330 e. The van der Waals surface area contributed by atoms with Crippen LogP contribution in [0.4, 0.5) is 4.39 Å². The van der Waals surface area contributed by atoms with Gasteiger partial charge in [0.05, 0.1) is 6.61 Å². The summed E-state index contributed by atoms with van der Waals surface area (Å²) in [5.41, 5.74) is 2.27. The fraction of sp³-hybridized carbons (Fsp3) is 0.438. The molecule has 0 bridgehead atoms. The van der Waals surface area contributed by atoms with Crippen LogP contribution >= 0.6 is 0 Å². The summed E-state index contributed by atoms with van der Waals surface area (Å²) in [6.45, 7) is 4.89. The Labute approximate surface area is 119 Å². The molecule has 0 aliphatic carbocycles. The maximum absolute atomic E-state index is 12.8. The van der Waals surface area contributed by atoms with Crippen LogP contribution in [0.3, 0.4) is 0 Å². The van der Waals surface area contributed by atoms with Gasteiger partial charge >= 0.3 is 5.97 Å². The van der Waals surface area contributed by atoms with Crippen LogP contribution in [0.15, 0.2) is 35.9 Å². The molecule has 0 saturated carbocycles. The minimum atomic E-state index is -0.241. The molecular formula is C16H20FNO2. The summed E-state index contributed by atoms with van der Waals surface area (Å²) in [7, 11) is 0. The molecule has 1 saturated heterocycles. The van der Waals surface area contributed by atoms with Gasteiger partial charge < -0.3 is 4.74 Å². The fourth-order valence-electron chi connectivity index (χ4n) is 2.34. The molecule has 108 valence electrons. The van der Waals surface area contributed by atoms with E-state index in [9.17, 15) is 9.18 Å². The van der Waals surface area contributed by atoms with Crippen molar-refractivity contribution in [2.75, 3.05) is 19.7 Å². The highest BCUT2D eigenvalue weighted by atomic mass is 19.1. The van der Waals surface area contributed by atoms with Crippen molar-refractivity contribution in [2.24, 2.45) is 0 Å². The predicted octanol–water partition coefficient (Wildman–Crippen LogP) is 2.91. The van der Waals surface area contributed by atoms with E-state index in [0.717, 1.165) is 43.6 Å². The normalized spacial score (nSPS) is 16.0. The number of ether oxygens (including phenoxy) is 1. The second kappa shape index (κ2) is 7.20. The molecule has 1 aliphatic rings. The zero-order chi connectivity index (χ0) is 14.4. The third-order valence-electron chi connectivity index (χ3n) is 3.43. The molecule has 0 atom stereocenters. The number of carbonyl (C=O) groups excluding carboxylic acids is 1. The SMILES string of the molecule is CCOC(=O)C=C1CCN(Cc2ccc(F)cc2)CC1. The van der Waals surface area contributed by atoms with Crippen LogP contribution < -0.4 is 0 Å².